The molecule has 0 bridgehead atoms. The summed E-state index contributed by atoms with van der Waals surface area (Å²) in [6, 6.07) is 14.2. The molecular formula is C26H25FN6O4. The van der Waals surface area contributed by atoms with Gasteiger partial charge in [0.15, 0.2) is 11.6 Å². The second kappa shape index (κ2) is 10.6. The highest BCUT2D eigenvalue weighted by molar-refractivity contribution is 6.13. The number of likely N-dealkylation sites (tertiary alicyclic amines) is 1. The number of carbonyl (C=O) groups is 3. The lowest BCUT2D eigenvalue weighted by atomic mass is 10.1. The molecule has 5 rings (SSSR count). The molecule has 37 heavy (non-hydrogen) atoms. The normalized spacial score (nSPS) is 17.1. The summed E-state index contributed by atoms with van der Waals surface area (Å²) < 4.78 is 20.3. The fourth-order valence-corrected chi connectivity index (χ4v) is 4.36. The molecule has 0 radical (unpaired) electrons. The van der Waals surface area contributed by atoms with E-state index in [2.05, 4.69) is 20.6 Å². The minimum absolute atomic E-state index is 0.0416. The molecule has 0 spiro atoms. The Kier molecular flexibility index (Phi) is 6.93. The number of urea groups is 1. The van der Waals surface area contributed by atoms with Crippen LogP contribution in [0.25, 0.3) is 0 Å². The van der Waals surface area contributed by atoms with Crippen LogP contribution in [0.5, 0.6) is 11.6 Å². The first-order valence-corrected chi connectivity index (χ1v) is 12.0. The van der Waals surface area contributed by atoms with Crippen LogP contribution in [0.15, 0.2) is 60.9 Å². The summed E-state index contributed by atoms with van der Waals surface area (Å²) in [6.45, 7) is 1.81. The van der Waals surface area contributed by atoms with Gasteiger partial charge < -0.3 is 19.9 Å². The van der Waals surface area contributed by atoms with E-state index in [1.807, 2.05) is 30.3 Å². The number of carbonyl (C=O) groups excluding carboxylic acids is 3. The van der Waals surface area contributed by atoms with Crippen molar-refractivity contribution in [1.82, 2.24) is 14.9 Å². The number of ether oxygens (including phenoxy) is 1. The van der Waals surface area contributed by atoms with E-state index in [0.29, 0.717) is 26.1 Å². The van der Waals surface area contributed by atoms with Gasteiger partial charge in [0.05, 0.1) is 0 Å². The predicted octanol–water partition coefficient (Wildman–Crippen LogP) is 4.03. The number of nitrogens with zero attached hydrogens (tertiary/aromatic N) is 4. The molecule has 2 saturated heterocycles. The molecule has 2 N–H and O–H groups in total. The van der Waals surface area contributed by atoms with Crippen LogP contribution in [0.3, 0.4) is 0 Å². The quantitative estimate of drug-likeness (QED) is 0.490. The maximum atomic E-state index is 14.8. The third kappa shape index (κ3) is 5.50. The molecule has 2 fully saturated rings. The van der Waals surface area contributed by atoms with Gasteiger partial charge in [-0.25, -0.2) is 19.2 Å². The Labute approximate surface area is 212 Å². The molecule has 2 aliphatic heterocycles. The van der Waals surface area contributed by atoms with Crippen LogP contribution in [0.4, 0.5) is 26.4 Å². The number of amides is 4. The Morgan fingerprint density at radius 1 is 0.973 bits per heavy atom. The maximum Gasteiger partial charge on any atom is 0.323 e. The fourth-order valence-electron chi connectivity index (χ4n) is 4.36. The van der Waals surface area contributed by atoms with Gasteiger partial charge in [-0.1, -0.05) is 18.2 Å². The molecule has 11 heteroatoms. The van der Waals surface area contributed by atoms with Crippen LogP contribution in [0.1, 0.15) is 19.3 Å². The van der Waals surface area contributed by atoms with E-state index in [1.165, 1.54) is 24.5 Å². The number of benzene rings is 2. The van der Waals surface area contributed by atoms with E-state index in [-0.39, 0.29) is 35.1 Å². The number of anilines is 3. The fraction of sp³-hybridized carbons (Fsp3) is 0.269. The van der Waals surface area contributed by atoms with Crippen LogP contribution in [0, 0.1) is 11.7 Å². The molecule has 1 atom stereocenters. The number of para-hydroxylation sites is 1. The van der Waals surface area contributed by atoms with E-state index >= 15 is 0 Å². The molecule has 4 amide bonds. The summed E-state index contributed by atoms with van der Waals surface area (Å²) >= 11 is 0. The lowest BCUT2D eigenvalue weighted by Crippen LogP contribution is -2.33. The zero-order valence-electron chi connectivity index (χ0n) is 19.9. The van der Waals surface area contributed by atoms with Crippen LogP contribution in [-0.4, -0.2) is 52.3 Å². The Morgan fingerprint density at radius 2 is 1.76 bits per heavy atom. The zero-order valence-corrected chi connectivity index (χ0v) is 19.9. The lowest BCUT2D eigenvalue weighted by Gasteiger charge is -2.16. The topological polar surface area (TPSA) is 117 Å². The van der Waals surface area contributed by atoms with Crippen molar-refractivity contribution in [2.45, 2.75) is 19.3 Å². The van der Waals surface area contributed by atoms with Crippen molar-refractivity contribution in [2.24, 2.45) is 5.92 Å². The van der Waals surface area contributed by atoms with Gasteiger partial charge >= 0.3 is 6.03 Å². The van der Waals surface area contributed by atoms with Gasteiger partial charge in [0.1, 0.15) is 18.1 Å². The summed E-state index contributed by atoms with van der Waals surface area (Å²) in [5.74, 6) is -2.22. The Hall–Kier alpha value is -4.54. The van der Waals surface area contributed by atoms with Crippen molar-refractivity contribution in [1.29, 1.82) is 0 Å². The molecule has 0 aliphatic carbocycles. The first-order valence-electron chi connectivity index (χ1n) is 12.0. The number of halogens is 1. The molecule has 1 unspecified atom stereocenters. The molecule has 3 aromatic rings. The van der Waals surface area contributed by atoms with E-state index in [9.17, 15) is 18.8 Å². The molecule has 2 aliphatic rings. The van der Waals surface area contributed by atoms with E-state index in [0.717, 1.165) is 24.6 Å². The van der Waals surface area contributed by atoms with Crippen LogP contribution in [0.2, 0.25) is 0 Å². The van der Waals surface area contributed by atoms with Gasteiger partial charge in [-0.3, -0.25) is 14.9 Å². The van der Waals surface area contributed by atoms with Gasteiger partial charge in [-0.2, -0.15) is 0 Å². The number of hydrogen-bond acceptors (Lipinski definition) is 6. The molecule has 1 aromatic heterocycles. The van der Waals surface area contributed by atoms with Crippen LogP contribution < -0.4 is 20.3 Å². The van der Waals surface area contributed by atoms with E-state index in [1.54, 1.807) is 9.80 Å². The lowest BCUT2D eigenvalue weighted by molar-refractivity contribution is -0.129. The third-order valence-electron chi connectivity index (χ3n) is 6.27. The first-order chi connectivity index (χ1) is 18.0. The standard InChI is InChI=1S/C26H25FN6O4/c27-20-14-17(30-24(34)19-10-13-33(25(19)35)18-6-2-1-3-7-18)8-9-21(20)37-23-15-22(28-16-29-23)31-26(36)32-11-4-5-12-32/h1-3,6-9,14-16,19H,4-5,10-13H2,(H,30,34)(H,28,29,31,36). The van der Waals surface area contributed by atoms with Gasteiger partial charge in [0.25, 0.3) is 0 Å². The largest absolute Gasteiger partial charge is 0.436 e. The maximum absolute atomic E-state index is 14.8. The number of nitrogens with one attached hydrogen (secondary N) is 2. The van der Waals surface area contributed by atoms with Gasteiger partial charge in [-0.05, 0) is 43.5 Å². The van der Waals surface area contributed by atoms with Crippen molar-refractivity contribution in [2.75, 3.05) is 35.2 Å². The van der Waals surface area contributed by atoms with Gasteiger partial charge in [0.2, 0.25) is 17.7 Å². The molecule has 2 aromatic carbocycles. The average Bonchev–Trinajstić information content (AvgIpc) is 3.57. The highest BCUT2D eigenvalue weighted by Gasteiger charge is 2.37. The highest BCUT2D eigenvalue weighted by Crippen LogP contribution is 2.29. The number of aromatic nitrogens is 2. The van der Waals surface area contributed by atoms with Crippen molar-refractivity contribution in [3.8, 4) is 11.6 Å². The minimum atomic E-state index is -0.852. The number of rotatable bonds is 6. The Morgan fingerprint density at radius 3 is 2.51 bits per heavy atom. The first kappa shape index (κ1) is 24.2. The highest BCUT2D eigenvalue weighted by atomic mass is 19.1. The van der Waals surface area contributed by atoms with Crippen molar-refractivity contribution >= 4 is 35.0 Å². The molecular weight excluding hydrogens is 479 g/mol. The van der Waals surface area contributed by atoms with Crippen molar-refractivity contribution in [3.05, 3.63) is 66.7 Å². The third-order valence-corrected chi connectivity index (χ3v) is 6.27. The SMILES string of the molecule is O=C(Nc1ccc(Oc2cc(NC(=O)N3CCCC3)ncn2)c(F)c1)C1CCN(c2ccccc2)C1=O. The molecule has 190 valence electrons. The van der Waals surface area contributed by atoms with E-state index < -0.39 is 17.6 Å². The molecule has 0 saturated carbocycles. The summed E-state index contributed by atoms with van der Waals surface area (Å²) in [6.07, 6.45) is 3.50. The smallest absolute Gasteiger partial charge is 0.323 e. The molecule has 10 nitrogen and oxygen atoms in total. The van der Waals surface area contributed by atoms with Gasteiger partial charge in [-0.15, -0.1) is 0 Å². The predicted molar refractivity (Wildman–Crippen MR) is 134 cm³/mol. The average molecular weight is 505 g/mol. The summed E-state index contributed by atoms with van der Waals surface area (Å²) in [5, 5.41) is 5.30. The van der Waals surface area contributed by atoms with Crippen molar-refractivity contribution < 1.29 is 23.5 Å². The Bertz CT molecular complexity index is 1320. The second-order valence-corrected chi connectivity index (χ2v) is 8.77. The minimum Gasteiger partial charge on any atom is -0.436 e. The van der Waals surface area contributed by atoms with E-state index in [4.69, 9.17) is 4.74 Å². The van der Waals surface area contributed by atoms with Crippen molar-refractivity contribution in [3.63, 3.8) is 0 Å². The second-order valence-electron chi connectivity index (χ2n) is 8.77. The molecule has 3 heterocycles. The summed E-state index contributed by atoms with van der Waals surface area (Å²) in [4.78, 5) is 49.0. The van der Waals surface area contributed by atoms with Crippen LogP contribution in [-0.2, 0) is 9.59 Å². The number of hydrogen-bond donors (Lipinski definition) is 2. The zero-order chi connectivity index (χ0) is 25.8. The van der Waals surface area contributed by atoms with Crippen LogP contribution >= 0.6 is 0 Å². The Balaban J connectivity index is 1.20. The summed E-state index contributed by atoms with van der Waals surface area (Å²) in [7, 11) is 0. The monoisotopic (exact) mass is 504 g/mol. The summed E-state index contributed by atoms with van der Waals surface area (Å²) in [5.41, 5.74) is 0.931. The van der Waals surface area contributed by atoms with Gasteiger partial charge in [0, 0.05) is 43.1 Å².